The van der Waals surface area contributed by atoms with Crippen LogP contribution in [0.1, 0.15) is 16.9 Å². The Hall–Kier alpha value is -1.99. The maximum atomic E-state index is 12.2. The highest BCUT2D eigenvalue weighted by atomic mass is 79.9. The van der Waals surface area contributed by atoms with Crippen molar-refractivity contribution in [2.75, 3.05) is 37.8 Å². The second kappa shape index (κ2) is 8.59. The number of benzene rings is 1. The number of carbonyl (C=O) groups is 1. The predicted molar refractivity (Wildman–Crippen MR) is 95.8 cm³/mol. The van der Waals surface area contributed by atoms with E-state index in [-0.39, 0.29) is 5.91 Å². The summed E-state index contributed by atoms with van der Waals surface area (Å²) in [5, 5.41) is 5.95. The van der Waals surface area contributed by atoms with Gasteiger partial charge >= 0.3 is 0 Å². The number of rotatable bonds is 7. The molecule has 0 aliphatic heterocycles. The zero-order valence-electron chi connectivity index (χ0n) is 13.2. The molecule has 2 N–H and O–H groups in total. The summed E-state index contributed by atoms with van der Waals surface area (Å²) in [6.07, 6.45) is 2.56. The Morgan fingerprint density at radius 2 is 2.13 bits per heavy atom. The lowest BCUT2D eigenvalue weighted by Gasteiger charge is -2.10. The van der Waals surface area contributed by atoms with E-state index in [2.05, 4.69) is 41.4 Å². The van der Waals surface area contributed by atoms with Crippen LogP contribution in [0.5, 0.6) is 0 Å². The molecule has 0 saturated heterocycles. The van der Waals surface area contributed by atoms with Crippen molar-refractivity contribution >= 4 is 33.5 Å². The Kier molecular flexibility index (Phi) is 6.49. The second-order valence-corrected chi connectivity index (χ2v) is 6.23. The van der Waals surface area contributed by atoms with Gasteiger partial charge in [0.05, 0.1) is 0 Å². The number of halogens is 1. The maximum absolute atomic E-state index is 12.2. The predicted octanol–water partition coefficient (Wildman–Crippen LogP) is 2.86. The van der Waals surface area contributed by atoms with Crippen LogP contribution in [0.2, 0.25) is 0 Å². The van der Waals surface area contributed by atoms with Crippen molar-refractivity contribution in [3.63, 3.8) is 0 Å². The Bertz CT molecular complexity index is 662. The fourth-order valence-corrected chi connectivity index (χ4v) is 2.33. The van der Waals surface area contributed by atoms with Gasteiger partial charge in [0.2, 0.25) is 5.95 Å². The largest absolute Gasteiger partial charge is 0.354 e. The zero-order chi connectivity index (χ0) is 16.7. The van der Waals surface area contributed by atoms with E-state index in [0.717, 1.165) is 24.0 Å². The standard InChI is InChI=1S/C16H20BrN5O/c1-22(2)10-4-8-18-16-19-9-7-14(21-16)15(23)20-13-6-3-5-12(17)11-13/h3,5-7,9,11H,4,8,10H2,1-2H3,(H,20,23)(H,18,19,21). The summed E-state index contributed by atoms with van der Waals surface area (Å²) < 4.78 is 0.904. The minimum Gasteiger partial charge on any atom is -0.354 e. The van der Waals surface area contributed by atoms with Crippen molar-refractivity contribution in [2.24, 2.45) is 0 Å². The summed E-state index contributed by atoms with van der Waals surface area (Å²) in [7, 11) is 4.06. The van der Waals surface area contributed by atoms with Crippen molar-refractivity contribution in [3.8, 4) is 0 Å². The molecule has 1 aromatic carbocycles. The second-order valence-electron chi connectivity index (χ2n) is 5.31. The van der Waals surface area contributed by atoms with Gasteiger partial charge in [0.15, 0.2) is 0 Å². The van der Waals surface area contributed by atoms with E-state index >= 15 is 0 Å². The number of nitrogens with one attached hydrogen (secondary N) is 2. The first-order valence-corrected chi connectivity index (χ1v) is 8.12. The third-order valence-electron chi connectivity index (χ3n) is 3.04. The van der Waals surface area contributed by atoms with Crippen LogP contribution in [0.3, 0.4) is 0 Å². The Balaban J connectivity index is 1.94. The minimum absolute atomic E-state index is 0.262. The van der Waals surface area contributed by atoms with Gasteiger partial charge in [0.1, 0.15) is 5.69 Å². The number of nitrogens with zero attached hydrogens (tertiary/aromatic N) is 3. The Labute approximate surface area is 144 Å². The molecule has 7 heteroatoms. The third kappa shape index (κ3) is 5.96. The number of hydrogen-bond acceptors (Lipinski definition) is 5. The average Bonchev–Trinajstić information content (AvgIpc) is 2.52. The van der Waals surface area contributed by atoms with Crippen LogP contribution in [0.15, 0.2) is 41.0 Å². The quantitative estimate of drug-likeness (QED) is 0.726. The number of hydrogen-bond donors (Lipinski definition) is 2. The number of anilines is 2. The van der Waals surface area contributed by atoms with E-state index in [4.69, 9.17) is 0 Å². The molecular formula is C16H20BrN5O. The van der Waals surface area contributed by atoms with Crippen LogP contribution < -0.4 is 10.6 Å². The lowest BCUT2D eigenvalue weighted by molar-refractivity contribution is 0.102. The van der Waals surface area contributed by atoms with Crippen molar-refractivity contribution in [3.05, 3.63) is 46.7 Å². The highest BCUT2D eigenvalue weighted by Gasteiger charge is 2.09. The molecule has 1 amide bonds. The molecule has 0 atom stereocenters. The topological polar surface area (TPSA) is 70.2 Å². The normalized spacial score (nSPS) is 10.6. The molecule has 0 radical (unpaired) electrons. The SMILES string of the molecule is CN(C)CCCNc1nccc(C(=O)Nc2cccc(Br)c2)n1. The summed E-state index contributed by atoms with van der Waals surface area (Å²) in [5.41, 5.74) is 1.04. The van der Waals surface area contributed by atoms with Gasteiger partial charge in [0.25, 0.3) is 5.91 Å². The highest BCUT2D eigenvalue weighted by Crippen LogP contribution is 2.16. The van der Waals surface area contributed by atoms with Gasteiger partial charge in [-0.1, -0.05) is 22.0 Å². The molecule has 2 aromatic rings. The summed E-state index contributed by atoms with van der Waals surface area (Å²) in [5.74, 6) is 0.201. The number of carbonyl (C=O) groups excluding carboxylic acids is 1. The smallest absolute Gasteiger partial charge is 0.274 e. The summed E-state index contributed by atoms with van der Waals surface area (Å²) >= 11 is 3.37. The van der Waals surface area contributed by atoms with E-state index in [9.17, 15) is 4.79 Å². The van der Waals surface area contributed by atoms with Crippen molar-refractivity contribution in [2.45, 2.75) is 6.42 Å². The molecule has 0 aliphatic rings. The molecule has 0 spiro atoms. The molecule has 0 saturated carbocycles. The molecule has 2 rings (SSSR count). The maximum Gasteiger partial charge on any atom is 0.274 e. The molecule has 0 aliphatic carbocycles. The van der Waals surface area contributed by atoms with E-state index in [1.54, 1.807) is 12.3 Å². The van der Waals surface area contributed by atoms with Crippen LogP contribution in [0.4, 0.5) is 11.6 Å². The number of aromatic nitrogens is 2. The van der Waals surface area contributed by atoms with Crippen LogP contribution >= 0.6 is 15.9 Å². The molecule has 1 aromatic heterocycles. The van der Waals surface area contributed by atoms with E-state index in [1.807, 2.05) is 38.4 Å². The van der Waals surface area contributed by atoms with Crippen molar-refractivity contribution < 1.29 is 4.79 Å². The van der Waals surface area contributed by atoms with E-state index < -0.39 is 0 Å². The van der Waals surface area contributed by atoms with Gasteiger partial charge in [-0.3, -0.25) is 4.79 Å². The third-order valence-corrected chi connectivity index (χ3v) is 3.53. The summed E-state index contributed by atoms with van der Waals surface area (Å²) in [6.45, 7) is 1.74. The van der Waals surface area contributed by atoms with Crippen LogP contribution in [0, 0.1) is 0 Å². The summed E-state index contributed by atoms with van der Waals surface area (Å²) in [4.78, 5) is 22.7. The monoisotopic (exact) mass is 377 g/mol. The van der Waals surface area contributed by atoms with Gasteiger partial charge in [-0.2, -0.15) is 0 Å². The molecule has 122 valence electrons. The zero-order valence-corrected chi connectivity index (χ0v) is 14.8. The first kappa shape index (κ1) is 17.4. The molecule has 6 nitrogen and oxygen atoms in total. The molecule has 23 heavy (non-hydrogen) atoms. The highest BCUT2D eigenvalue weighted by molar-refractivity contribution is 9.10. The molecule has 0 bridgehead atoms. The van der Waals surface area contributed by atoms with E-state index in [0.29, 0.717) is 17.3 Å². The minimum atomic E-state index is -0.262. The van der Waals surface area contributed by atoms with Gasteiger partial charge in [-0.05, 0) is 51.3 Å². The fourth-order valence-electron chi connectivity index (χ4n) is 1.93. The molecule has 1 heterocycles. The van der Waals surface area contributed by atoms with Gasteiger partial charge in [0, 0.05) is 22.9 Å². The molecule has 0 fully saturated rings. The average molecular weight is 378 g/mol. The van der Waals surface area contributed by atoms with Gasteiger partial charge in [-0.25, -0.2) is 9.97 Å². The lowest BCUT2D eigenvalue weighted by atomic mass is 10.3. The van der Waals surface area contributed by atoms with Crippen molar-refractivity contribution in [1.29, 1.82) is 0 Å². The van der Waals surface area contributed by atoms with Crippen LogP contribution in [-0.4, -0.2) is 48.0 Å². The Morgan fingerprint density at radius 3 is 2.87 bits per heavy atom. The molecular weight excluding hydrogens is 358 g/mol. The fraction of sp³-hybridized carbons (Fsp3) is 0.312. The summed E-state index contributed by atoms with van der Waals surface area (Å²) in [6, 6.07) is 9.01. The van der Waals surface area contributed by atoms with E-state index in [1.165, 1.54) is 0 Å². The van der Waals surface area contributed by atoms with Crippen molar-refractivity contribution in [1.82, 2.24) is 14.9 Å². The first-order chi connectivity index (χ1) is 11.0. The number of amides is 1. The Morgan fingerprint density at radius 1 is 1.30 bits per heavy atom. The molecule has 0 unspecified atom stereocenters. The lowest BCUT2D eigenvalue weighted by Crippen LogP contribution is -2.18. The first-order valence-electron chi connectivity index (χ1n) is 7.33. The van der Waals surface area contributed by atoms with Crippen LogP contribution in [0.25, 0.3) is 0 Å². The van der Waals surface area contributed by atoms with Crippen LogP contribution in [-0.2, 0) is 0 Å². The van der Waals surface area contributed by atoms with Gasteiger partial charge < -0.3 is 15.5 Å². The van der Waals surface area contributed by atoms with Gasteiger partial charge in [-0.15, -0.1) is 0 Å².